The number of esters is 1. The van der Waals surface area contributed by atoms with E-state index in [0.717, 1.165) is 0 Å². The predicted octanol–water partition coefficient (Wildman–Crippen LogP) is -0.215. The van der Waals surface area contributed by atoms with Gasteiger partial charge in [-0.15, -0.1) is 0 Å². The van der Waals surface area contributed by atoms with Crippen molar-refractivity contribution in [2.24, 2.45) is 0 Å². The van der Waals surface area contributed by atoms with E-state index in [-0.39, 0.29) is 12.2 Å². The van der Waals surface area contributed by atoms with Gasteiger partial charge in [0.05, 0.1) is 14.1 Å². The molecule has 1 saturated heterocycles. The molecule has 0 aromatic carbocycles. The number of rotatable bonds is 0. The normalized spacial score (nSPS) is 42.5. The number of carbonyl (C=O) groups excluding carboxylic acids is 2. The molecule has 0 bridgehead atoms. The van der Waals surface area contributed by atoms with Gasteiger partial charge in [0.2, 0.25) is 11.4 Å². The summed E-state index contributed by atoms with van der Waals surface area (Å²) in [5.41, 5.74) is -1.38. The third-order valence-corrected chi connectivity index (χ3v) is 1.70. The summed E-state index contributed by atoms with van der Waals surface area (Å²) in [4.78, 5) is 21.9. The minimum atomic E-state index is -1.38. The molecule has 2 unspecified atom stereocenters. The van der Waals surface area contributed by atoms with Crippen LogP contribution in [0.2, 0.25) is 0 Å². The zero-order chi connectivity index (χ0) is 8.77. The van der Waals surface area contributed by atoms with Crippen molar-refractivity contribution in [3.8, 4) is 0 Å². The van der Waals surface area contributed by atoms with Crippen molar-refractivity contribution < 1.29 is 20.4 Å². The van der Waals surface area contributed by atoms with Gasteiger partial charge in [0, 0.05) is 6.08 Å². The van der Waals surface area contributed by atoms with Crippen LogP contribution in [0.5, 0.6) is 0 Å². The Balaban J connectivity index is 2.33. The van der Waals surface area contributed by atoms with Gasteiger partial charge in [-0.1, -0.05) is 0 Å². The molecule has 2 aliphatic heterocycles. The molecule has 2 aliphatic rings. The molecule has 0 amide bonds. The van der Waals surface area contributed by atoms with E-state index in [1.54, 1.807) is 0 Å². The first kappa shape index (κ1) is 5.35. The van der Waals surface area contributed by atoms with Gasteiger partial charge in [-0.2, -0.15) is 0 Å². The highest BCUT2D eigenvalue weighted by Crippen LogP contribution is 2.29. The molecular formula is C7H6O4. The molecule has 4 heteroatoms. The maximum Gasteiger partial charge on any atom is 0.310 e. The summed E-state index contributed by atoms with van der Waals surface area (Å²) < 4.78 is 16.8. The molecular weight excluding hydrogens is 148 g/mol. The first-order valence-electron chi connectivity index (χ1n) is 3.73. The summed E-state index contributed by atoms with van der Waals surface area (Å²) in [7, 11) is 0. The molecule has 11 heavy (non-hydrogen) atoms. The topological polar surface area (TPSA) is 52.6 Å². The standard InChI is InChI=1S/C7H6O4/c8-5-1-2-11-7(5)3-6(9)10-4-7/h1-2H,3-4H2/i4D. The molecule has 0 aliphatic carbocycles. The van der Waals surface area contributed by atoms with Crippen molar-refractivity contribution in [3.63, 3.8) is 0 Å². The molecule has 2 heterocycles. The van der Waals surface area contributed by atoms with Crippen LogP contribution in [0.1, 0.15) is 7.79 Å². The molecule has 1 fully saturated rings. The van der Waals surface area contributed by atoms with Crippen LogP contribution in [-0.2, 0) is 19.1 Å². The zero-order valence-corrected chi connectivity index (χ0v) is 5.57. The monoisotopic (exact) mass is 155 g/mol. The molecule has 58 valence electrons. The van der Waals surface area contributed by atoms with Crippen molar-refractivity contribution in [2.45, 2.75) is 12.0 Å². The Hall–Kier alpha value is -1.32. The van der Waals surface area contributed by atoms with E-state index in [4.69, 9.17) is 6.11 Å². The fourth-order valence-corrected chi connectivity index (χ4v) is 1.09. The van der Waals surface area contributed by atoms with E-state index < -0.39 is 18.2 Å². The average molecular weight is 155 g/mol. The smallest absolute Gasteiger partial charge is 0.310 e. The molecule has 0 radical (unpaired) electrons. The van der Waals surface area contributed by atoms with Gasteiger partial charge in [0.25, 0.3) is 0 Å². The second-order valence-corrected chi connectivity index (χ2v) is 2.46. The Kier molecular flexibility index (Phi) is 0.894. The van der Waals surface area contributed by atoms with Crippen molar-refractivity contribution in [3.05, 3.63) is 12.3 Å². The van der Waals surface area contributed by atoms with Crippen LogP contribution in [0.3, 0.4) is 0 Å². The number of ketones is 1. The molecule has 0 aromatic heterocycles. The first-order valence-corrected chi connectivity index (χ1v) is 3.16. The van der Waals surface area contributed by atoms with Gasteiger partial charge in [-0.05, 0) is 0 Å². The average Bonchev–Trinajstić information content (AvgIpc) is 2.44. The van der Waals surface area contributed by atoms with Crippen molar-refractivity contribution in [1.82, 2.24) is 0 Å². The maximum atomic E-state index is 11.2. The van der Waals surface area contributed by atoms with Gasteiger partial charge < -0.3 is 9.47 Å². The number of ether oxygens (including phenoxy) is 2. The Morgan fingerprint density at radius 2 is 2.45 bits per heavy atom. The summed E-state index contributed by atoms with van der Waals surface area (Å²) in [6, 6.07) is 0. The van der Waals surface area contributed by atoms with E-state index in [1.165, 1.54) is 12.3 Å². The van der Waals surface area contributed by atoms with Crippen molar-refractivity contribution in [1.29, 1.82) is 0 Å². The number of carbonyl (C=O) groups is 2. The third-order valence-electron chi connectivity index (χ3n) is 1.70. The minimum absolute atomic E-state index is 0.160. The fourth-order valence-electron chi connectivity index (χ4n) is 1.09. The summed E-state index contributed by atoms with van der Waals surface area (Å²) >= 11 is 0. The SMILES string of the molecule is [2H]C1OC(=O)CC12OC=CC2=O. The van der Waals surface area contributed by atoms with Gasteiger partial charge in [0.15, 0.2) is 0 Å². The highest BCUT2D eigenvalue weighted by Gasteiger charge is 2.49. The molecule has 4 nitrogen and oxygen atoms in total. The van der Waals surface area contributed by atoms with Crippen LogP contribution in [0.25, 0.3) is 0 Å². The lowest BCUT2D eigenvalue weighted by Crippen LogP contribution is -2.36. The minimum Gasteiger partial charge on any atom is -0.482 e. The van der Waals surface area contributed by atoms with Crippen LogP contribution in [0.4, 0.5) is 0 Å². The number of cyclic esters (lactones) is 1. The molecule has 1 spiro atoms. The molecule has 2 atom stereocenters. The van der Waals surface area contributed by atoms with E-state index in [2.05, 4.69) is 4.74 Å². The summed E-state index contributed by atoms with van der Waals surface area (Å²) in [5.74, 6) is -0.930. The zero-order valence-electron chi connectivity index (χ0n) is 6.57. The molecule has 0 N–H and O–H groups in total. The lowest BCUT2D eigenvalue weighted by Gasteiger charge is -2.15. The molecule has 0 saturated carbocycles. The van der Waals surface area contributed by atoms with Gasteiger partial charge in [-0.25, -0.2) is 0 Å². The van der Waals surface area contributed by atoms with Crippen LogP contribution in [0.15, 0.2) is 12.3 Å². The van der Waals surface area contributed by atoms with E-state index in [1.807, 2.05) is 0 Å². The fraction of sp³-hybridized carbons (Fsp3) is 0.429. The maximum absolute atomic E-state index is 11.2. The first-order chi connectivity index (χ1) is 5.65. The van der Waals surface area contributed by atoms with Crippen LogP contribution < -0.4 is 0 Å². The molecule has 2 rings (SSSR count). The Morgan fingerprint density at radius 1 is 1.64 bits per heavy atom. The lowest BCUT2D eigenvalue weighted by atomic mass is 9.99. The summed E-state index contributed by atoms with van der Waals surface area (Å²) in [5, 5.41) is 0. The van der Waals surface area contributed by atoms with Gasteiger partial charge >= 0.3 is 5.97 Å². The third kappa shape index (κ3) is 0.753. The van der Waals surface area contributed by atoms with E-state index in [9.17, 15) is 9.59 Å². The second kappa shape index (κ2) is 1.84. The van der Waals surface area contributed by atoms with E-state index in [0.29, 0.717) is 0 Å². The van der Waals surface area contributed by atoms with Crippen molar-refractivity contribution >= 4 is 11.8 Å². The highest BCUT2D eigenvalue weighted by molar-refractivity contribution is 6.02. The lowest BCUT2D eigenvalue weighted by molar-refractivity contribution is -0.137. The summed E-state index contributed by atoms with van der Waals surface area (Å²) in [6.07, 6.45) is 2.25. The van der Waals surface area contributed by atoms with E-state index >= 15 is 0 Å². The van der Waals surface area contributed by atoms with Crippen LogP contribution >= 0.6 is 0 Å². The van der Waals surface area contributed by atoms with Gasteiger partial charge in [0.1, 0.15) is 6.58 Å². The largest absolute Gasteiger partial charge is 0.482 e. The quantitative estimate of drug-likeness (QED) is 0.454. The number of hydrogen-bond acceptors (Lipinski definition) is 4. The second-order valence-electron chi connectivity index (χ2n) is 2.46. The predicted molar refractivity (Wildman–Crippen MR) is 33.5 cm³/mol. The Bertz CT molecular complexity index is 285. The summed E-state index contributed by atoms with van der Waals surface area (Å²) in [6.45, 7) is -1.23. The molecule has 0 aromatic rings. The Morgan fingerprint density at radius 3 is 2.91 bits per heavy atom. The Labute approximate surface area is 64.2 Å². The van der Waals surface area contributed by atoms with Gasteiger partial charge in [-0.3, -0.25) is 9.59 Å². The number of hydrogen-bond donors (Lipinski definition) is 0. The van der Waals surface area contributed by atoms with Crippen LogP contribution in [0, 0.1) is 0 Å². The van der Waals surface area contributed by atoms with Crippen molar-refractivity contribution in [2.75, 3.05) is 6.58 Å². The highest BCUT2D eigenvalue weighted by atomic mass is 16.6. The van der Waals surface area contributed by atoms with Crippen LogP contribution in [-0.4, -0.2) is 23.9 Å².